The number of ether oxygens (including phenoxy) is 1. The molecule has 3 rings (SSSR count). The third-order valence-electron chi connectivity index (χ3n) is 3.36. The Morgan fingerprint density at radius 1 is 1.09 bits per heavy atom. The zero-order valence-corrected chi connectivity index (χ0v) is 12.1. The lowest BCUT2D eigenvalue weighted by atomic mass is 10.1. The minimum absolute atomic E-state index is 0.330. The molecular weight excluding hydrogens is 278 g/mol. The highest BCUT2D eigenvalue weighted by molar-refractivity contribution is 5.89. The topological polar surface area (TPSA) is 64.1 Å². The summed E-state index contributed by atoms with van der Waals surface area (Å²) in [5, 5.41) is 3.35. The summed E-state index contributed by atoms with van der Waals surface area (Å²) < 4.78 is 4.68. The van der Waals surface area contributed by atoms with Crippen molar-refractivity contribution in [2.45, 2.75) is 6.54 Å². The molecule has 0 aliphatic carbocycles. The van der Waals surface area contributed by atoms with Crippen LogP contribution < -0.4 is 5.32 Å². The number of anilines is 1. The summed E-state index contributed by atoms with van der Waals surface area (Å²) in [4.78, 5) is 20.0. The Hall–Kier alpha value is -2.95. The molecule has 1 aromatic heterocycles. The van der Waals surface area contributed by atoms with Crippen LogP contribution >= 0.6 is 0 Å². The molecule has 0 saturated carbocycles. The Morgan fingerprint density at radius 3 is 2.64 bits per heavy atom. The van der Waals surface area contributed by atoms with Crippen LogP contribution in [0.3, 0.4) is 0 Å². The van der Waals surface area contributed by atoms with Crippen LogP contribution in [0.2, 0.25) is 0 Å². The molecule has 0 amide bonds. The summed E-state index contributed by atoms with van der Waals surface area (Å²) >= 11 is 0. The van der Waals surface area contributed by atoms with Crippen LogP contribution in [-0.2, 0) is 11.3 Å². The number of hydrogen-bond acceptors (Lipinski definition) is 5. The Labute approximate surface area is 128 Å². The first kappa shape index (κ1) is 14.0. The van der Waals surface area contributed by atoms with Crippen LogP contribution in [-0.4, -0.2) is 23.0 Å². The molecule has 0 spiro atoms. The summed E-state index contributed by atoms with van der Waals surface area (Å²) in [5.41, 5.74) is 4.24. The van der Waals surface area contributed by atoms with Crippen molar-refractivity contribution < 1.29 is 9.53 Å². The number of rotatable bonds is 4. The van der Waals surface area contributed by atoms with Gasteiger partial charge in [0.25, 0.3) is 0 Å². The van der Waals surface area contributed by atoms with E-state index in [4.69, 9.17) is 0 Å². The Bertz CT molecular complexity index is 795. The average molecular weight is 293 g/mol. The Morgan fingerprint density at radius 2 is 1.86 bits per heavy atom. The number of aromatic nitrogens is 2. The maximum atomic E-state index is 11.4. The quantitative estimate of drug-likeness (QED) is 0.749. The second-order valence-electron chi connectivity index (χ2n) is 4.77. The van der Waals surface area contributed by atoms with Gasteiger partial charge in [0, 0.05) is 18.9 Å². The van der Waals surface area contributed by atoms with Gasteiger partial charge in [-0.25, -0.2) is 4.79 Å². The maximum Gasteiger partial charge on any atom is 0.337 e. The molecule has 2 aromatic carbocycles. The number of carbonyl (C=O) groups excluding carboxylic acids is 1. The van der Waals surface area contributed by atoms with Crippen molar-refractivity contribution in [1.29, 1.82) is 0 Å². The standard InChI is InChI=1S/C17H15N3O2/c1-22-17(21)13-7-5-12(6-8-13)11-20-15-4-2-3-14-16(15)19-10-9-18-14/h2-10,20H,11H2,1H3. The predicted octanol–water partition coefficient (Wildman–Crippen LogP) is 3.03. The molecule has 1 heterocycles. The molecule has 0 bridgehead atoms. The van der Waals surface area contributed by atoms with Crippen LogP contribution in [0.25, 0.3) is 11.0 Å². The Balaban J connectivity index is 1.75. The van der Waals surface area contributed by atoms with Crippen LogP contribution in [0, 0.1) is 0 Å². The zero-order chi connectivity index (χ0) is 15.4. The third-order valence-corrected chi connectivity index (χ3v) is 3.36. The maximum absolute atomic E-state index is 11.4. The molecule has 22 heavy (non-hydrogen) atoms. The van der Waals surface area contributed by atoms with Crippen LogP contribution in [0.5, 0.6) is 0 Å². The van der Waals surface area contributed by atoms with Gasteiger partial charge in [-0.3, -0.25) is 9.97 Å². The van der Waals surface area contributed by atoms with Crippen molar-refractivity contribution in [3.8, 4) is 0 Å². The second kappa shape index (κ2) is 6.22. The first-order chi connectivity index (χ1) is 10.8. The summed E-state index contributed by atoms with van der Waals surface area (Å²) in [7, 11) is 1.37. The van der Waals surface area contributed by atoms with Crippen molar-refractivity contribution in [3.63, 3.8) is 0 Å². The summed E-state index contributed by atoms with van der Waals surface area (Å²) in [5.74, 6) is -0.330. The molecule has 110 valence electrons. The van der Waals surface area contributed by atoms with E-state index >= 15 is 0 Å². The van der Waals surface area contributed by atoms with Gasteiger partial charge in [0.2, 0.25) is 0 Å². The van der Waals surface area contributed by atoms with E-state index in [2.05, 4.69) is 20.0 Å². The lowest BCUT2D eigenvalue weighted by Crippen LogP contribution is -2.03. The zero-order valence-electron chi connectivity index (χ0n) is 12.1. The smallest absolute Gasteiger partial charge is 0.337 e. The number of para-hydroxylation sites is 1. The van der Waals surface area contributed by atoms with Gasteiger partial charge >= 0.3 is 5.97 Å². The number of nitrogens with zero attached hydrogens (tertiary/aromatic N) is 2. The molecule has 5 nitrogen and oxygen atoms in total. The van der Waals surface area contributed by atoms with E-state index < -0.39 is 0 Å². The SMILES string of the molecule is COC(=O)c1ccc(CNc2cccc3nccnc23)cc1. The molecule has 0 radical (unpaired) electrons. The van der Waals surface area contributed by atoms with E-state index in [0.29, 0.717) is 12.1 Å². The minimum Gasteiger partial charge on any atom is -0.465 e. The van der Waals surface area contributed by atoms with Crippen molar-refractivity contribution in [1.82, 2.24) is 9.97 Å². The normalized spacial score (nSPS) is 10.4. The first-order valence-electron chi connectivity index (χ1n) is 6.89. The lowest BCUT2D eigenvalue weighted by Gasteiger charge is -2.09. The van der Waals surface area contributed by atoms with E-state index in [1.165, 1.54) is 7.11 Å². The molecule has 5 heteroatoms. The van der Waals surface area contributed by atoms with Gasteiger partial charge in [-0.05, 0) is 29.8 Å². The molecule has 1 N–H and O–H groups in total. The monoisotopic (exact) mass is 293 g/mol. The van der Waals surface area contributed by atoms with Gasteiger partial charge in [-0.2, -0.15) is 0 Å². The molecule has 0 saturated heterocycles. The number of fused-ring (bicyclic) bond motifs is 1. The number of carbonyl (C=O) groups is 1. The summed E-state index contributed by atoms with van der Waals surface area (Å²) in [6, 6.07) is 13.2. The highest BCUT2D eigenvalue weighted by Gasteiger charge is 2.05. The van der Waals surface area contributed by atoms with Gasteiger partial charge in [0.05, 0.1) is 23.9 Å². The van der Waals surface area contributed by atoms with E-state index in [-0.39, 0.29) is 5.97 Å². The molecule has 0 unspecified atom stereocenters. The van der Waals surface area contributed by atoms with Gasteiger partial charge in [-0.15, -0.1) is 0 Å². The number of nitrogens with one attached hydrogen (secondary N) is 1. The van der Waals surface area contributed by atoms with E-state index in [0.717, 1.165) is 22.3 Å². The molecule has 0 fully saturated rings. The second-order valence-corrected chi connectivity index (χ2v) is 4.77. The van der Waals surface area contributed by atoms with E-state index in [9.17, 15) is 4.79 Å². The largest absolute Gasteiger partial charge is 0.465 e. The van der Waals surface area contributed by atoms with Crippen molar-refractivity contribution in [2.24, 2.45) is 0 Å². The molecule has 0 aliphatic heterocycles. The third kappa shape index (κ3) is 2.88. The predicted molar refractivity (Wildman–Crippen MR) is 84.6 cm³/mol. The molecule has 0 atom stereocenters. The van der Waals surface area contributed by atoms with Crippen LogP contribution in [0.1, 0.15) is 15.9 Å². The van der Waals surface area contributed by atoms with Crippen molar-refractivity contribution in [3.05, 3.63) is 66.0 Å². The van der Waals surface area contributed by atoms with Gasteiger partial charge in [-0.1, -0.05) is 18.2 Å². The fourth-order valence-corrected chi connectivity index (χ4v) is 2.21. The van der Waals surface area contributed by atoms with Crippen LogP contribution in [0.15, 0.2) is 54.9 Å². The number of esters is 1. The van der Waals surface area contributed by atoms with E-state index in [1.807, 2.05) is 30.3 Å². The highest BCUT2D eigenvalue weighted by atomic mass is 16.5. The average Bonchev–Trinajstić information content (AvgIpc) is 2.59. The van der Waals surface area contributed by atoms with E-state index in [1.54, 1.807) is 24.5 Å². The number of benzene rings is 2. The minimum atomic E-state index is -0.330. The molecule has 0 aliphatic rings. The van der Waals surface area contributed by atoms with Crippen LogP contribution in [0.4, 0.5) is 5.69 Å². The number of methoxy groups -OCH3 is 1. The van der Waals surface area contributed by atoms with Gasteiger partial charge in [0.1, 0.15) is 5.52 Å². The molecular formula is C17H15N3O2. The summed E-state index contributed by atoms with van der Waals surface area (Å²) in [6.45, 7) is 0.636. The van der Waals surface area contributed by atoms with Crippen molar-refractivity contribution >= 4 is 22.7 Å². The lowest BCUT2D eigenvalue weighted by molar-refractivity contribution is 0.0600. The summed E-state index contributed by atoms with van der Waals surface area (Å²) in [6.07, 6.45) is 3.36. The van der Waals surface area contributed by atoms with Gasteiger partial charge < -0.3 is 10.1 Å². The van der Waals surface area contributed by atoms with Crippen molar-refractivity contribution in [2.75, 3.05) is 12.4 Å². The molecule has 3 aromatic rings. The van der Waals surface area contributed by atoms with Gasteiger partial charge in [0.15, 0.2) is 0 Å². The fourth-order valence-electron chi connectivity index (χ4n) is 2.21. The number of hydrogen-bond donors (Lipinski definition) is 1. The Kier molecular flexibility index (Phi) is 3.96. The fraction of sp³-hybridized carbons (Fsp3) is 0.118. The highest BCUT2D eigenvalue weighted by Crippen LogP contribution is 2.19. The first-order valence-corrected chi connectivity index (χ1v) is 6.89.